The van der Waals surface area contributed by atoms with Gasteiger partial charge in [-0.2, -0.15) is 0 Å². The maximum atomic E-state index is 13.7. The summed E-state index contributed by atoms with van der Waals surface area (Å²) >= 11 is 5.97. The highest BCUT2D eigenvalue weighted by Crippen LogP contribution is 2.35. The van der Waals surface area contributed by atoms with Crippen LogP contribution in [-0.2, 0) is 4.79 Å². The maximum Gasteiger partial charge on any atom is 0.243 e. The van der Waals surface area contributed by atoms with Crippen molar-refractivity contribution in [1.82, 2.24) is 20.3 Å². The number of carbonyl (C=O) groups is 1. The van der Waals surface area contributed by atoms with E-state index in [2.05, 4.69) is 30.5 Å². The van der Waals surface area contributed by atoms with E-state index in [1.165, 1.54) is 12.1 Å². The molecule has 3 heterocycles. The van der Waals surface area contributed by atoms with Crippen LogP contribution in [0, 0.1) is 11.7 Å². The number of hydrogen-bond donors (Lipinski definition) is 3. The first-order chi connectivity index (χ1) is 15.1. The van der Waals surface area contributed by atoms with E-state index in [4.69, 9.17) is 11.6 Å². The molecule has 1 aliphatic carbocycles. The van der Waals surface area contributed by atoms with Gasteiger partial charge >= 0.3 is 0 Å². The van der Waals surface area contributed by atoms with Crippen molar-refractivity contribution in [2.45, 2.75) is 37.8 Å². The van der Waals surface area contributed by atoms with Crippen LogP contribution in [0.2, 0.25) is 5.02 Å². The van der Waals surface area contributed by atoms with Gasteiger partial charge in [0.1, 0.15) is 29.7 Å². The largest absolute Gasteiger partial charge is 0.373 e. The summed E-state index contributed by atoms with van der Waals surface area (Å²) < 4.78 is 13.7. The number of amides is 1. The summed E-state index contributed by atoms with van der Waals surface area (Å²) in [6.07, 6.45) is 7.26. The highest BCUT2D eigenvalue weighted by atomic mass is 35.5. The number of carbonyl (C=O) groups excluding carboxylic acids is 1. The average Bonchev–Trinajstić information content (AvgIpc) is 3.46. The molecule has 1 aromatic carbocycles. The van der Waals surface area contributed by atoms with Gasteiger partial charge in [-0.1, -0.05) is 11.6 Å². The molecule has 0 bridgehead atoms. The van der Waals surface area contributed by atoms with Crippen molar-refractivity contribution >= 4 is 40.0 Å². The Labute approximate surface area is 184 Å². The minimum atomic E-state index is -0.422. The lowest BCUT2D eigenvalue weighted by Gasteiger charge is -2.35. The summed E-state index contributed by atoms with van der Waals surface area (Å²) in [5.74, 6) is 0.664. The third kappa shape index (κ3) is 4.44. The molecule has 3 N–H and O–H groups in total. The standard InChI is InChI=1S/C22H24ClFN6O/c23-14-8-15(24)10-17(9-14)28-19(13-3-4-13)22(31)29-16-2-1-7-30(11-16)21-18-5-6-25-20(18)26-12-27-21/h5-6,8-10,12-13,16,19,28H,1-4,7,11H2,(H,29,31)(H,25,26,27)/t16-,19+/m1/s1. The molecule has 162 valence electrons. The van der Waals surface area contributed by atoms with Crippen LogP contribution >= 0.6 is 11.6 Å². The number of nitrogens with zero attached hydrogens (tertiary/aromatic N) is 3. The SMILES string of the molecule is O=C(N[C@@H]1CCCN(c2ncnc3[nH]ccc23)C1)[C@@H](Nc1cc(F)cc(Cl)c1)C1CC1. The van der Waals surface area contributed by atoms with Crippen molar-refractivity contribution in [1.29, 1.82) is 0 Å². The number of fused-ring (bicyclic) bond motifs is 1. The molecule has 2 fully saturated rings. The molecule has 1 saturated heterocycles. The van der Waals surface area contributed by atoms with Crippen molar-refractivity contribution in [3.8, 4) is 0 Å². The van der Waals surface area contributed by atoms with Crippen LogP contribution in [0.25, 0.3) is 11.0 Å². The van der Waals surface area contributed by atoms with Gasteiger partial charge in [-0.05, 0) is 55.9 Å². The molecular formula is C22H24ClFN6O. The number of hydrogen-bond acceptors (Lipinski definition) is 5. The number of anilines is 2. The van der Waals surface area contributed by atoms with Crippen molar-refractivity contribution < 1.29 is 9.18 Å². The van der Waals surface area contributed by atoms with Gasteiger partial charge in [0.15, 0.2) is 0 Å². The molecule has 1 saturated carbocycles. The molecule has 1 amide bonds. The number of aromatic amines is 1. The monoisotopic (exact) mass is 442 g/mol. The van der Waals surface area contributed by atoms with Crippen molar-refractivity contribution in [3.05, 3.63) is 47.6 Å². The molecule has 0 radical (unpaired) electrons. The third-order valence-electron chi connectivity index (χ3n) is 5.96. The lowest BCUT2D eigenvalue weighted by atomic mass is 10.0. The predicted octanol–water partition coefficient (Wildman–Crippen LogP) is 3.73. The number of H-pyrrole nitrogens is 1. The van der Waals surface area contributed by atoms with E-state index in [-0.39, 0.29) is 17.9 Å². The van der Waals surface area contributed by atoms with Crippen LogP contribution in [-0.4, -0.2) is 46.0 Å². The highest BCUT2D eigenvalue weighted by molar-refractivity contribution is 6.30. The van der Waals surface area contributed by atoms with E-state index in [1.54, 1.807) is 12.4 Å². The summed E-state index contributed by atoms with van der Waals surface area (Å²) in [5, 5.41) is 7.70. The summed E-state index contributed by atoms with van der Waals surface area (Å²) in [6, 6.07) is 5.86. The molecule has 2 atom stereocenters. The van der Waals surface area contributed by atoms with E-state index >= 15 is 0 Å². The van der Waals surface area contributed by atoms with Crippen LogP contribution in [0.15, 0.2) is 36.8 Å². The van der Waals surface area contributed by atoms with Crippen molar-refractivity contribution in [3.63, 3.8) is 0 Å². The van der Waals surface area contributed by atoms with Crippen LogP contribution in [0.4, 0.5) is 15.9 Å². The van der Waals surface area contributed by atoms with Gasteiger partial charge in [-0.25, -0.2) is 14.4 Å². The Kier molecular flexibility index (Phi) is 5.40. The van der Waals surface area contributed by atoms with Crippen LogP contribution in [0.5, 0.6) is 0 Å². The summed E-state index contributed by atoms with van der Waals surface area (Å²) in [6.45, 7) is 1.57. The van der Waals surface area contributed by atoms with E-state index in [0.717, 1.165) is 49.1 Å². The molecule has 2 aromatic heterocycles. The molecule has 3 aromatic rings. The molecule has 9 heteroatoms. The molecular weight excluding hydrogens is 419 g/mol. The summed E-state index contributed by atoms with van der Waals surface area (Å²) in [4.78, 5) is 27.2. The third-order valence-corrected chi connectivity index (χ3v) is 6.18. The average molecular weight is 443 g/mol. The zero-order valence-electron chi connectivity index (χ0n) is 16.9. The van der Waals surface area contributed by atoms with Gasteiger partial charge in [0.25, 0.3) is 0 Å². The summed E-state index contributed by atoms with van der Waals surface area (Å²) in [5.41, 5.74) is 1.33. The van der Waals surface area contributed by atoms with Crippen molar-refractivity contribution in [2.75, 3.05) is 23.3 Å². The second-order valence-electron chi connectivity index (χ2n) is 8.35. The quantitative estimate of drug-likeness (QED) is 0.541. The van der Waals surface area contributed by atoms with Gasteiger partial charge in [0.05, 0.1) is 5.39 Å². The van der Waals surface area contributed by atoms with E-state index < -0.39 is 11.9 Å². The number of benzene rings is 1. The maximum absolute atomic E-state index is 13.7. The smallest absolute Gasteiger partial charge is 0.243 e. The number of piperidine rings is 1. The summed E-state index contributed by atoms with van der Waals surface area (Å²) in [7, 11) is 0. The fourth-order valence-corrected chi connectivity index (χ4v) is 4.55. The second-order valence-corrected chi connectivity index (χ2v) is 8.78. The van der Waals surface area contributed by atoms with Gasteiger partial charge in [-0.15, -0.1) is 0 Å². The van der Waals surface area contributed by atoms with Crippen LogP contribution in [0.1, 0.15) is 25.7 Å². The Hall–Kier alpha value is -2.87. The molecule has 2 aliphatic rings. The molecule has 0 unspecified atom stereocenters. The minimum Gasteiger partial charge on any atom is -0.373 e. The highest BCUT2D eigenvalue weighted by Gasteiger charge is 2.37. The fraction of sp³-hybridized carbons (Fsp3) is 0.409. The lowest BCUT2D eigenvalue weighted by molar-refractivity contribution is -0.123. The van der Waals surface area contributed by atoms with Gasteiger partial charge in [0, 0.05) is 36.0 Å². The Bertz CT molecular complexity index is 1080. The number of halogens is 2. The first kappa shape index (κ1) is 20.1. The van der Waals surface area contributed by atoms with Gasteiger partial charge in [-0.3, -0.25) is 4.79 Å². The van der Waals surface area contributed by atoms with E-state index in [1.807, 2.05) is 12.3 Å². The van der Waals surface area contributed by atoms with Crippen LogP contribution in [0.3, 0.4) is 0 Å². The minimum absolute atomic E-state index is 0.0179. The van der Waals surface area contributed by atoms with E-state index in [0.29, 0.717) is 17.3 Å². The zero-order chi connectivity index (χ0) is 21.4. The first-order valence-corrected chi connectivity index (χ1v) is 11.0. The Morgan fingerprint density at radius 2 is 2.13 bits per heavy atom. The number of aromatic nitrogens is 3. The van der Waals surface area contributed by atoms with Gasteiger partial charge < -0.3 is 20.5 Å². The van der Waals surface area contributed by atoms with Gasteiger partial charge in [0.2, 0.25) is 5.91 Å². The van der Waals surface area contributed by atoms with Crippen molar-refractivity contribution in [2.24, 2.45) is 5.92 Å². The van der Waals surface area contributed by atoms with Crippen LogP contribution < -0.4 is 15.5 Å². The molecule has 1 aliphatic heterocycles. The molecule has 5 rings (SSSR count). The molecule has 31 heavy (non-hydrogen) atoms. The fourth-order valence-electron chi connectivity index (χ4n) is 4.33. The predicted molar refractivity (Wildman–Crippen MR) is 119 cm³/mol. The second kappa shape index (κ2) is 8.34. The Morgan fingerprint density at radius 1 is 1.26 bits per heavy atom. The Balaban J connectivity index is 1.28. The first-order valence-electron chi connectivity index (χ1n) is 10.6. The topological polar surface area (TPSA) is 85.9 Å². The molecule has 7 nitrogen and oxygen atoms in total. The Morgan fingerprint density at radius 3 is 2.94 bits per heavy atom. The van der Waals surface area contributed by atoms with E-state index in [9.17, 15) is 9.18 Å². The number of rotatable bonds is 6. The normalized spacial score (nSPS) is 19.9. The number of nitrogens with one attached hydrogen (secondary N) is 3. The zero-order valence-corrected chi connectivity index (χ0v) is 17.7. The lowest BCUT2D eigenvalue weighted by Crippen LogP contribution is -2.52. The molecule has 0 spiro atoms.